The van der Waals surface area contributed by atoms with E-state index in [1.807, 2.05) is 36.4 Å². The number of nitriles is 1. The van der Waals surface area contributed by atoms with Gasteiger partial charge in [-0.05, 0) is 42.8 Å². The molecule has 4 nitrogen and oxygen atoms in total. The van der Waals surface area contributed by atoms with Gasteiger partial charge in [-0.2, -0.15) is 5.26 Å². The van der Waals surface area contributed by atoms with Crippen molar-refractivity contribution in [2.45, 2.75) is 45.4 Å². The fourth-order valence-electron chi connectivity index (χ4n) is 3.14. The van der Waals surface area contributed by atoms with Gasteiger partial charge in [-0.3, -0.25) is 9.97 Å². The molecule has 0 saturated carbocycles. The van der Waals surface area contributed by atoms with Gasteiger partial charge in [0.15, 0.2) is 0 Å². The van der Waals surface area contributed by atoms with E-state index in [0.717, 1.165) is 41.3 Å². The summed E-state index contributed by atoms with van der Waals surface area (Å²) in [6, 6.07) is 17.5. The maximum Gasteiger partial charge on any atom is 0.119 e. The Hall–Kier alpha value is -3.19. The fraction of sp³-hybridized carbons (Fsp3) is 0.320. The quantitative estimate of drug-likeness (QED) is 0.378. The van der Waals surface area contributed by atoms with Gasteiger partial charge in [0.2, 0.25) is 0 Å². The molecule has 1 heterocycles. The lowest BCUT2D eigenvalue weighted by Gasteiger charge is -2.08. The van der Waals surface area contributed by atoms with E-state index in [-0.39, 0.29) is 0 Å². The van der Waals surface area contributed by atoms with E-state index in [0.29, 0.717) is 5.56 Å². The summed E-state index contributed by atoms with van der Waals surface area (Å²) in [7, 11) is 0. The molecule has 0 unspecified atom stereocenters. The predicted molar refractivity (Wildman–Crippen MR) is 116 cm³/mol. The highest BCUT2D eigenvalue weighted by molar-refractivity contribution is 5.63. The van der Waals surface area contributed by atoms with Gasteiger partial charge in [0.05, 0.1) is 42.0 Å². The summed E-state index contributed by atoms with van der Waals surface area (Å²) in [4.78, 5) is 9.06. The van der Waals surface area contributed by atoms with Crippen molar-refractivity contribution in [3.05, 3.63) is 66.5 Å². The summed E-state index contributed by atoms with van der Waals surface area (Å²) in [5.74, 6) is 0.893. The van der Waals surface area contributed by atoms with Crippen LogP contribution in [0.4, 0.5) is 0 Å². The first-order chi connectivity index (χ1) is 14.3. The first kappa shape index (κ1) is 20.5. The molecule has 0 N–H and O–H groups in total. The Labute approximate surface area is 173 Å². The lowest BCUT2D eigenvalue weighted by atomic mass is 10.1. The minimum atomic E-state index is 0.636. The van der Waals surface area contributed by atoms with Crippen LogP contribution in [0.2, 0.25) is 0 Å². The number of nitrogens with zero attached hydrogens (tertiary/aromatic N) is 3. The average Bonchev–Trinajstić information content (AvgIpc) is 2.79. The lowest BCUT2D eigenvalue weighted by molar-refractivity contribution is 0.304. The number of rotatable bonds is 10. The molecule has 0 saturated heterocycles. The third kappa shape index (κ3) is 6.15. The van der Waals surface area contributed by atoms with Crippen LogP contribution in [0.3, 0.4) is 0 Å². The van der Waals surface area contributed by atoms with Crippen molar-refractivity contribution in [3.8, 4) is 34.3 Å². The lowest BCUT2D eigenvalue weighted by Crippen LogP contribution is -1.97. The molecule has 0 aliphatic rings. The number of unbranched alkanes of at least 4 members (excludes halogenated alkanes) is 5. The summed E-state index contributed by atoms with van der Waals surface area (Å²) < 4.78 is 5.84. The second-order valence-electron chi connectivity index (χ2n) is 7.12. The van der Waals surface area contributed by atoms with E-state index in [9.17, 15) is 0 Å². The molecule has 29 heavy (non-hydrogen) atoms. The second kappa shape index (κ2) is 11.0. The van der Waals surface area contributed by atoms with Crippen LogP contribution in [0.15, 0.2) is 60.9 Å². The highest BCUT2D eigenvalue weighted by Crippen LogP contribution is 2.23. The molecular weight excluding hydrogens is 358 g/mol. The SMILES string of the molecule is CCCCCCCCOc1ccc(-c2cnc(-c3ccc(C#N)cc3)cn2)cc1. The highest BCUT2D eigenvalue weighted by Gasteiger charge is 2.04. The molecule has 0 fully saturated rings. The molecule has 2 aromatic carbocycles. The van der Waals surface area contributed by atoms with Crippen LogP contribution in [-0.2, 0) is 0 Å². The Morgan fingerprint density at radius 3 is 1.86 bits per heavy atom. The van der Waals surface area contributed by atoms with Crippen LogP contribution in [0.5, 0.6) is 5.75 Å². The Morgan fingerprint density at radius 2 is 1.31 bits per heavy atom. The summed E-state index contributed by atoms with van der Waals surface area (Å²) in [6.45, 7) is 3.01. The molecule has 0 bridgehead atoms. The molecule has 4 heteroatoms. The van der Waals surface area contributed by atoms with Crippen LogP contribution >= 0.6 is 0 Å². The maximum atomic E-state index is 8.89. The minimum Gasteiger partial charge on any atom is -0.494 e. The van der Waals surface area contributed by atoms with Crippen LogP contribution in [0.25, 0.3) is 22.5 Å². The van der Waals surface area contributed by atoms with Crippen molar-refractivity contribution in [1.29, 1.82) is 5.26 Å². The molecule has 0 aliphatic carbocycles. The largest absolute Gasteiger partial charge is 0.494 e. The number of hydrogen-bond donors (Lipinski definition) is 0. The van der Waals surface area contributed by atoms with Gasteiger partial charge in [0.25, 0.3) is 0 Å². The van der Waals surface area contributed by atoms with E-state index in [4.69, 9.17) is 10.00 Å². The zero-order chi connectivity index (χ0) is 20.3. The standard InChI is InChI=1S/C25H27N3O/c1-2-3-4-5-6-7-16-29-23-14-12-22(13-15-23)25-19-27-24(18-28-25)21-10-8-20(17-26)9-11-21/h8-15,18-19H,2-7,16H2,1H3. The number of ether oxygens (including phenoxy) is 1. The molecule has 3 rings (SSSR count). The molecule has 0 atom stereocenters. The molecule has 3 aromatic rings. The molecule has 0 amide bonds. The van der Waals surface area contributed by atoms with E-state index >= 15 is 0 Å². The zero-order valence-electron chi connectivity index (χ0n) is 17.0. The van der Waals surface area contributed by atoms with Crippen molar-refractivity contribution in [3.63, 3.8) is 0 Å². The normalized spacial score (nSPS) is 10.5. The molecular formula is C25H27N3O. The number of aromatic nitrogens is 2. The molecule has 0 radical (unpaired) electrons. The first-order valence-corrected chi connectivity index (χ1v) is 10.4. The van der Waals surface area contributed by atoms with Gasteiger partial charge in [-0.25, -0.2) is 0 Å². The fourth-order valence-corrected chi connectivity index (χ4v) is 3.14. The Kier molecular flexibility index (Phi) is 7.77. The van der Waals surface area contributed by atoms with Crippen molar-refractivity contribution < 1.29 is 4.74 Å². The summed E-state index contributed by atoms with van der Waals surface area (Å²) in [6.07, 6.45) is 11.1. The van der Waals surface area contributed by atoms with Gasteiger partial charge < -0.3 is 4.74 Å². The third-order valence-electron chi connectivity index (χ3n) is 4.88. The van der Waals surface area contributed by atoms with Gasteiger partial charge in [-0.1, -0.05) is 51.2 Å². The number of benzene rings is 2. The first-order valence-electron chi connectivity index (χ1n) is 10.4. The monoisotopic (exact) mass is 385 g/mol. The highest BCUT2D eigenvalue weighted by atomic mass is 16.5. The predicted octanol–water partition coefficient (Wildman–Crippen LogP) is 6.42. The van der Waals surface area contributed by atoms with Crippen LogP contribution in [0.1, 0.15) is 51.0 Å². The maximum absolute atomic E-state index is 8.89. The van der Waals surface area contributed by atoms with Gasteiger partial charge in [0.1, 0.15) is 5.75 Å². The van der Waals surface area contributed by atoms with Gasteiger partial charge in [0, 0.05) is 11.1 Å². The molecule has 1 aromatic heterocycles. The minimum absolute atomic E-state index is 0.636. The zero-order valence-corrected chi connectivity index (χ0v) is 17.0. The second-order valence-corrected chi connectivity index (χ2v) is 7.12. The molecule has 0 spiro atoms. The summed E-state index contributed by atoms with van der Waals surface area (Å²) in [5, 5.41) is 8.89. The Balaban J connectivity index is 1.52. The van der Waals surface area contributed by atoms with E-state index in [2.05, 4.69) is 23.0 Å². The van der Waals surface area contributed by atoms with Crippen LogP contribution in [-0.4, -0.2) is 16.6 Å². The van der Waals surface area contributed by atoms with Crippen molar-refractivity contribution in [2.75, 3.05) is 6.61 Å². The summed E-state index contributed by atoms with van der Waals surface area (Å²) >= 11 is 0. The van der Waals surface area contributed by atoms with E-state index < -0.39 is 0 Å². The number of hydrogen-bond acceptors (Lipinski definition) is 4. The van der Waals surface area contributed by atoms with Crippen molar-refractivity contribution in [1.82, 2.24) is 9.97 Å². The Morgan fingerprint density at radius 1 is 0.759 bits per heavy atom. The Bertz CT molecular complexity index is 910. The van der Waals surface area contributed by atoms with Crippen LogP contribution < -0.4 is 4.74 Å². The molecule has 0 aliphatic heterocycles. The third-order valence-corrected chi connectivity index (χ3v) is 4.88. The average molecular weight is 386 g/mol. The van der Waals surface area contributed by atoms with Gasteiger partial charge >= 0.3 is 0 Å². The smallest absolute Gasteiger partial charge is 0.119 e. The van der Waals surface area contributed by atoms with Crippen LogP contribution in [0, 0.1) is 11.3 Å². The van der Waals surface area contributed by atoms with Crippen molar-refractivity contribution >= 4 is 0 Å². The summed E-state index contributed by atoms with van der Waals surface area (Å²) in [5.41, 5.74) is 4.21. The molecule has 148 valence electrons. The van der Waals surface area contributed by atoms with Crippen molar-refractivity contribution in [2.24, 2.45) is 0 Å². The van der Waals surface area contributed by atoms with E-state index in [1.54, 1.807) is 24.5 Å². The van der Waals surface area contributed by atoms with Gasteiger partial charge in [-0.15, -0.1) is 0 Å². The van der Waals surface area contributed by atoms with E-state index in [1.165, 1.54) is 32.1 Å². The topological polar surface area (TPSA) is 58.8 Å².